The van der Waals surface area contributed by atoms with Gasteiger partial charge in [0, 0.05) is 17.8 Å². The smallest absolute Gasteiger partial charge is 0.264 e. The summed E-state index contributed by atoms with van der Waals surface area (Å²) in [6.45, 7) is 5.74. The van der Waals surface area contributed by atoms with Crippen LogP contribution in [0.15, 0.2) is 53.4 Å². The number of hydrogen-bond acceptors (Lipinski definition) is 4. The Bertz CT molecular complexity index is 1080. The SMILES string of the molecule is Cc1ccc(S(=O)(=O)N(C)c2ccc3sc(C(=O)NC(C)C)cc3c2)cc1. The molecule has 1 amide bonds. The molecule has 0 aliphatic rings. The Morgan fingerprint density at radius 1 is 1.07 bits per heavy atom. The quantitative estimate of drug-likeness (QED) is 0.696. The maximum Gasteiger partial charge on any atom is 0.264 e. The number of carbonyl (C=O) groups excluding carboxylic acids is 1. The highest BCUT2D eigenvalue weighted by atomic mass is 32.2. The van der Waals surface area contributed by atoms with E-state index in [0.717, 1.165) is 15.6 Å². The molecule has 0 spiro atoms. The number of fused-ring (bicyclic) bond motifs is 1. The number of rotatable bonds is 5. The van der Waals surface area contributed by atoms with Crippen LogP contribution in [0.3, 0.4) is 0 Å². The fraction of sp³-hybridized carbons (Fsp3) is 0.250. The summed E-state index contributed by atoms with van der Waals surface area (Å²) < 4.78 is 28.0. The van der Waals surface area contributed by atoms with Crippen molar-refractivity contribution in [1.29, 1.82) is 0 Å². The molecule has 3 aromatic rings. The second kappa shape index (κ2) is 7.32. The lowest BCUT2D eigenvalue weighted by molar-refractivity contribution is 0.0947. The van der Waals surface area contributed by atoms with Gasteiger partial charge < -0.3 is 5.32 Å². The average molecular weight is 403 g/mol. The van der Waals surface area contributed by atoms with Crippen molar-refractivity contribution in [2.24, 2.45) is 0 Å². The Labute approximate surface area is 163 Å². The van der Waals surface area contributed by atoms with E-state index in [9.17, 15) is 13.2 Å². The van der Waals surface area contributed by atoms with Crippen molar-refractivity contribution in [3.63, 3.8) is 0 Å². The van der Waals surface area contributed by atoms with Crippen LogP contribution in [-0.4, -0.2) is 27.4 Å². The van der Waals surface area contributed by atoms with Gasteiger partial charge in [-0.25, -0.2) is 8.42 Å². The van der Waals surface area contributed by atoms with Gasteiger partial charge in [-0.15, -0.1) is 11.3 Å². The lowest BCUT2D eigenvalue weighted by atomic mass is 10.2. The first-order chi connectivity index (χ1) is 12.7. The summed E-state index contributed by atoms with van der Waals surface area (Å²) in [6, 6.07) is 14.0. The highest BCUT2D eigenvalue weighted by molar-refractivity contribution is 7.92. The molecule has 0 aliphatic heterocycles. The Kier molecular flexibility index (Phi) is 5.26. The molecule has 0 radical (unpaired) electrons. The van der Waals surface area contributed by atoms with Crippen molar-refractivity contribution in [3.8, 4) is 0 Å². The van der Waals surface area contributed by atoms with Crippen LogP contribution in [0.1, 0.15) is 29.1 Å². The minimum absolute atomic E-state index is 0.0593. The van der Waals surface area contributed by atoms with E-state index in [1.54, 1.807) is 42.5 Å². The molecule has 142 valence electrons. The number of anilines is 1. The van der Waals surface area contributed by atoms with Crippen LogP contribution in [0.25, 0.3) is 10.1 Å². The second-order valence-corrected chi connectivity index (χ2v) is 9.80. The van der Waals surface area contributed by atoms with Crippen molar-refractivity contribution >= 4 is 43.0 Å². The molecule has 5 nitrogen and oxygen atoms in total. The van der Waals surface area contributed by atoms with Gasteiger partial charge in [0.25, 0.3) is 15.9 Å². The Balaban J connectivity index is 1.94. The van der Waals surface area contributed by atoms with Crippen LogP contribution in [0.5, 0.6) is 0 Å². The van der Waals surface area contributed by atoms with Crippen molar-refractivity contribution in [2.45, 2.75) is 31.7 Å². The zero-order valence-corrected chi connectivity index (χ0v) is 17.3. The molecule has 0 aliphatic carbocycles. The summed E-state index contributed by atoms with van der Waals surface area (Å²) in [5.41, 5.74) is 1.56. The van der Waals surface area contributed by atoms with Crippen LogP contribution in [0.2, 0.25) is 0 Å². The first-order valence-electron chi connectivity index (χ1n) is 8.58. The van der Waals surface area contributed by atoms with Crippen LogP contribution in [-0.2, 0) is 10.0 Å². The fourth-order valence-electron chi connectivity index (χ4n) is 2.68. The van der Waals surface area contributed by atoms with Crippen molar-refractivity contribution in [3.05, 3.63) is 59.0 Å². The summed E-state index contributed by atoms with van der Waals surface area (Å²) >= 11 is 1.39. The van der Waals surface area contributed by atoms with E-state index in [1.165, 1.54) is 22.7 Å². The third kappa shape index (κ3) is 3.99. The molecule has 0 unspecified atom stereocenters. The van der Waals surface area contributed by atoms with Gasteiger partial charge in [0.15, 0.2) is 0 Å². The maximum atomic E-state index is 12.9. The molecule has 27 heavy (non-hydrogen) atoms. The molecule has 3 rings (SSSR count). The summed E-state index contributed by atoms with van der Waals surface area (Å²) in [6.07, 6.45) is 0. The number of nitrogens with zero attached hydrogens (tertiary/aromatic N) is 1. The second-order valence-electron chi connectivity index (χ2n) is 6.75. The van der Waals surface area contributed by atoms with Crippen LogP contribution in [0.4, 0.5) is 5.69 Å². The Hall–Kier alpha value is -2.38. The van der Waals surface area contributed by atoms with Gasteiger partial charge in [-0.2, -0.15) is 0 Å². The number of aryl methyl sites for hydroxylation is 1. The van der Waals surface area contributed by atoms with Gasteiger partial charge in [-0.1, -0.05) is 17.7 Å². The summed E-state index contributed by atoms with van der Waals surface area (Å²) in [4.78, 5) is 13.1. The molecule has 0 saturated heterocycles. The van der Waals surface area contributed by atoms with Crippen LogP contribution in [0, 0.1) is 6.92 Å². The zero-order chi connectivity index (χ0) is 19.8. The molecule has 0 fully saturated rings. The zero-order valence-electron chi connectivity index (χ0n) is 15.7. The number of amides is 1. The van der Waals surface area contributed by atoms with Crippen molar-refractivity contribution in [2.75, 3.05) is 11.4 Å². The summed E-state index contributed by atoms with van der Waals surface area (Å²) in [7, 11) is -2.11. The van der Waals surface area contributed by atoms with Crippen LogP contribution >= 0.6 is 11.3 Å². The maximum absolute atomic E-state index is 12.9. The first kappa shape index (κ1) is 19.4. The predicted octanol–water partition coefficient (Wildman–Crippen LogP) is 4.17. The van der Waals surface area contributed by atoms with Gasteiger partial charge >= 0.3 is 0 Å². The van der Waals surface area contributed by atoms with E-state index in [2.05, 4.69) is 5.32 Å². The minimum atomic E-state index is -3.65. The number of nitrogens with one attached hydrogen (secondary N) is 1. The average Bonchev–Trinajstić information content (AvgIpc) is 3.04. The number of thiophene rings is 1. The highest BCUT2D eigenvalue weighted by Gasteiger charge is 2.22. The first-order valence-corrected chi connectivity index (χ1v) is 10.8. The lowest BCUT2D eigenvalue weighted by Gasteiger charge is -2.19. The van der Waals surface area contributed by atoms with Gasteiger partial charge in [0.2, 0.25) is 0 Å². The molecule has 0 atom stereocenters. The van der Waals surface area contributed by atoms with Crippen molar-refractivity contribution in [1.82, 2.24) is 5.32 Å². The molecular weight excluding hydrogens is 380 g/mol. The lowest BCUT2D eigenvalue weighted by Crippen LogP contribution is -2.29. The Morgan fingerprint density at radius 2 is 1.74 bits per heavy atom. The number of benzene rings is 2. The van der Waals surface area contributed by atoms with Crippen LogP contribution < -0.4 is 9.62 Å². The van der Waals surface area contributed by atoms with E-state index in [4.69, 9.17) is 0 Å². The number of carbonyl (C=O) groups is 1. The normalized spacial score (nSPS) is 11.7. The summed E-state index contributed by atoms with van der Waals surface area (Å²) in [5.74, 6) is -0.117. The van der Waals surface area contributed by atoms with E-state index < -0.39 is 10.0 Å². The highest BCUT2D eigenvalue weighted by Crippen LogP contribution is 2.31. The third-order valence-corrected chi connectivity index (χ3v) is 7.10. The number of hydrogen-bond donors (Lipinski definition) is 1. The minimum Gasteiger partial charge on any atom is -0.349 e. The standard InChI is InChI=1S/C20H22N2O3S2/c1-13(2)21-20(23)19-12-15-11-16(7-10-18(15)26-19)22(4)27(24,25)17-8-5-14(3)6-9-17/h5-13H,1-4H3,(H,21,23). The largest absolute Gasteiger partial charge is 0.349 e. The Morgan fingerprint density at radius 3 is 2.37 bits per heavy atom. The molecule has 0 bridgehead atoms. The molecular formula is C20H22N2O3S2. The predicted molar refractivity (Wildman–Crippen MR) is 111 cm³/mol. The summed E-state index contributed by atoms with van der Waals surface area (Å²) in [5, 5.41) is 3.72. The third-order valence-electron chi connectivity index (χ3n) is 4.19. The van der Waals surface area contributed by atoms with E-state index >= 15 is 0 Å². The van der Waals surface area contributed by atoms with Gasteiger partial charge in [-0.05, 0) is 62.6 Å². The van der Waals surface area contributed by atoms with Gasteiger partial charge in [0.05, 0.1) is 15.5 Å². The topological polar surface area (TPSA) is 66.5 Å². The van der Waals surface area contributed by atoms with Gasteiger partial charge in [-0.3, -0.25) is 9.10 Å². The molecule has 7 heteroatoms. The monoisotopic (exact) mass is 402 g/mol. The molecule has 2 aromatic carbocycles. The molecule has 1 N–H and O–H groups in total. The van der Waals surface area contributed by atoms with E-state index in [1.807, 2.05) is 26.8 Å². The molecule has 0 saturated carbocycles. The fourth-order valence-corrected chi connectivity index (χ4v) is 4.81. The van der Waals surface area contributed by atoms with Crippen molar-refractivity contribution < 1.29 is 13.2 Å². The molecule has 1 aromatic heterocycles. The number of sulfonamides is 1. The van der Waals surface area contributed by atoms with E-state index in [-0.39, 0.29) is 16.8 Å². The molecule has 1 heterocycles. The van der Waals surface area contributed by atoms with Gasteiger partial charge in [0.1, 0.15) is 0 Å². The van der Waals surface area contributed by atoms with E-state index in [0.29, 0.717) is 10.6 Å².